The molecule has 0 rings (SSSR count). The number of hydrogen-bond acceptors (Lipinski definition) is 5. The number of carbonyl (C=O) groups excluding carboxylic acids is 2. The maximum atomic E-state index is 13.2. The summed E-state index contributed by atoms with van der Waals surface area (Å²) >= 11 is 0. The van der Waals surface area contributed by atoms with Crippen molar-refractivity contribution in [3.8, 4) is 0 Å². The first-order valence-corrected chi connectivity index (χ1v) is 27.9. The van der Waals surface area contributed by atoms with Crippen molar-refractivity contribution in [2.24, 2.45) is 0 Å². The Hall–Kier alpha value is -2.18. The fourth-order valence-corrected chi connectivity index (χ4v) is 8.50. The summed E-state index contributed by atoms with van der Waals surface area (Å²) in [6, 6.07) is -0.705. The number of aliphatic hydroxyl groups is 2. The second-order valence-corrected chi connectivity index (χ2v) is 19.1. The molecule has 3 atom stereocenters. The van der Waals surface area contributed by atoms with Gasteiger partial charge in [-0.05, 0) is 51.4 Å². The molecule has 0 fully saturated rings. The van der Waals surface area contributed by atoms with Crippen LogP contribution < -0.4 is 5.32 Å². The van der Waals surface area contributed by atoms with Crippen LogP contribution in [0, 0.1) is 0 Å². The first-order valence-electron chi connectivity index (χ1n) is 27.9. The van der Waals surface area contributed by atoms with Gasteiger partial charge in [-0.1, -0.05) is 268 Å². The van der Waals surface area contributed by atoms with Crippen LogP contribution in [0.4, 0.5) is 0 Å². The highest BCUT2D eigenvalue weighted by molar-refractivity contribution is 5.77. The summed E-state index contributed by atoms with van der Waals surface area (Å²) in [4.78, 5) is 26.2. The van der Waals surface area contributed by atoms with E-state index >= 15 is 0 Å². The summed E-state index contributed by atoms with van der Waals surface area (Å²) in [5.74, 6) is -0.488. The summed E-state index contributed by atoms with van der Waals surface area (Å²) in [5.41, 5.74) is 0. The van der Waals surface area contributed by atoms with Gasteiger partial charge in [-0.15, -0.1) is 0 Å². The lowest BCUT2D eigenvalue weighted by atomic mass is 10.0. The zero-order valence-electron chi connectivity index (χ0n) is 42.7. The predicted octanol–water partition coefficient (Wildman–Crippen LogP) is 17.0. The molecular weight excluding hydrogens is 791 g/mol. The summed E-state index contributed by atoms with van der Waals surface area (Å²) in [6.07, 6.45) is 63.1. The van der Waals surface area contributed by atoms with Crippen molar-refractivity contribution >= 4 is 11.9 Å². The average molecular weight is 898 g/mol. The fourth-order valence-electron chi connectivity index (χ4n) is 8.50. The van der Waals surface area contributed by atoms with Crippen molar-refractivity contribution in [3.05, 3.63) is 48.6 Å². The molecule has 0 aromatic rings. The molecule has 0 aromatic carbocycles. The SMILES string of the molecule is CCCCC/C=C/C=C/C=C/C=C/CCCCCCCC(=O)OC(CCCCCCCCCCCCCCCCC)CC(=O)NC(CO)C(O)CCCCCCCCCCCCCC. The number of rotatable bonds is 50. The molecule has 0 aliphatic carbocycles. The number of nitrogens with one attached hydrogen (secondary N) is 1. The van der Waals surface area contributed by atoms with Crippen molar-refractivity contribution < 1.29 is 24.5 Å². The third-order valence-electron chi connectivity index (χ3n) is 12.8. The van der Waals surface area contributed by atoms with Gasteiger partial charge in [0.2, 0.25) is 5.91 Å². The van der Waals surface area contributed by atoms with Crippen LogP contribution in [0.15, 0.2) is 48.6 Å². The van der Waals surface area contributed by atoms with Gasteiger partial charge in [-0.25, -0.2) is 0 Å². The number of ether oxygens (including phenoxy) is 1. The molecule has 0 radical (unpaired) electrons. The second-order valence-electron chi connectivity index (χ2n) is 19.1. The van der Waals surface area contributed by atoms with Crippen molar-refractivity contribution in [2.75, 3.05) is 6.61 Å². The molecule has 6 heteroatoms. The summed E-state index contributed by atoms with van der Waals surface area (Å²) in [7, 11) is 0. The average Bonchev–Trinajstić information content (AvgIpc) is 3.29. The van der Waals surface area contributed by atoms with Crippen molar-refractivity contribution in [2.45, 2.75) is 302 Å². The third kappa shape index (κ3) is 46.4. The molecular formula is C58H107NO5. The van der Waals surface area contributed by atoms with Crippen LogP contribution in [0.3, 0.4) is 0 Å². The first-order chi connectivity index (χ1) is 31.5. The second kappa shape index (κ2) is 51.8. The van der Waals surface area contributed by atoms with E-state index in [0.29, 0.717) is 19.3 Å². The highest BCUT2D eigenvalue weighted by Crippen LogP contribution is 2.18. The molecule has 0 bridgehead atoms. The summed E-state index contributed by atoms with van der Waals surface area (Å²) in [6.45, 7) is 6.46. The quantitative estimate of drug-likeness (QED) is 0.0321. The summed E-state index contributed by atoms with van der Waals surface area (Å²) in [5, 5.41) is 23.8. The minimum Gasteiger partial charge on any atom is -0.462 e. The summed E-state index contributed by atoms with van der Waals surface area (Å²) < 4.78 is 5.95. The third-order valence-corrected chi connectivity index (χ3v) is 12.8. The Kier molecular flexibility index (Phi) is 50.0. The van der Waals surface area contributed by atoms with Gasteiger partial charge in [0.15, 0.2) is 0 Å². The lowest BCUT2D eigenvalue weighted by molar-refractivity contribution is -0.151. The van der Waals surface area contributed by atoms with Crippen LogP contribution in [-0.4, -0.2) is 46.9 Å². The number of carbonyl (C=O) groups is 2. The van der Waals surface area contributed by atoms with Gasteiger partial charge in [0.05, 0.1) is 25.2 Å². The van der Waals surface area contributed by atoms with Gasteiger partial charge in [-0.3, -0.25) is 9.59 Å². The lowest BCUT2D eigenvalue weighted by Crippen LogP contribution is -2.46. The molecule has 6 nitrogen and oxygen atoms in total. The molecule has 3 unspecified atom stereocenters. The molecule has 0 aliphatic heterocycles. The topological polar surface area (TPSA) is 95.9 Å². The molecule has 374 valence electrons. The van der Waals surface area contributed by atoms with Crippen molar-refractivity contribution in [3.63, 3.8) is 0 Å². The van der Waals surface area contributed by atoms with Crippen LogP contribution in [0.1, 0.15) is 284 Å². The normalized spacial score (nSPS) is 13.5. The van der Waals surface area contributed by atoms with Crippen LogP contribution >= 0.6 is 0 Å². The van der Waals surface area contributed by atoms with Crippen LogP contribution in [0.2, 0.25) is 0 Å². The van der Waals surface area contributed by atoms with Gasteiger partial charge >= 0.3 is 5.97 Å². The number of unbranched alkanes of at least 4 members (excludes halogenated alkanes) is 33. The van der Waals surface area contributed by atoms with Gasteiger partial charge in [0.1, 0.15) is 6.10 Å². The van der Waals surface area contributed by atoms with Gasteiger partial charge in [0, 0.05) is 6.42 Å². The zero-order chi connectivity index (χ0) is 46.7. The van der Waals surface area contributed by atoms with E-state index < -0.39 is 18.2 Å². The number of hydrogen-bond donors (Lipinski definition) is 3. The number of aliphatic hydroxyl groups excluding tert-OH is 2. The van der Waals surface area contributed by atoms with E-state index in [1.807, 2.05) is 0 Å². The maximum Gasteiger partial charge on any atom is 0.306 e. The van der Waals surface area contributed by atoms with Crippen LogP contribution in [0.5, 0.6) is 0 Å². The Labute approximate surface area is 397 Å². The van der Waals surface area contributed by atoms with E-state index in [-0.39, 0.29) is 24.9 Å². The monoisotopic (exact) mass is 898 g/mol. The molecule has 0 saturated carbocycles. The minimum atomic E-state index is -0.790. The molecule has 0 heterocycles. The van der Waals surface area contributed by atoms with Crippen LogP contribution in [-0.2, 0) is 14.3 Å². The van der Waals surface area contributed by atoms with Crippen LogP contribution in [0.25, 0.3) is 0 Å². The number of amides is 1. The van der Waals surface area contributed by atoms with Crippen molar-refractivity contribution in [1.29, 1.82) is 0 Å². The lowest BCUT2D eigenvalue weighted by Gasteiger charge is -2.24. The largest absolute Gasteiger partial charge is 0.462 e. The highest BCUT2D eigenvalue weighted by Gasteiger charge is 2.24. The molecule has 0 aliphatic rings. The molecule has 64 heavy (non-hydrogen) atoms. The Morgan fingerprint density at radius 3 is 1.23 bits per heavy atom. The van der Waals surface area contributed by atoms with E-state index in [1.165, 1.54) is 161 Å². The number of esters is 1. The maximum absolute atomic E-state index is 13.2. The van der Waals surface area contributed by atoms with E-state index in [1.54, 1.807) is 0 Å². The first kappa shape index (κ1) is 61.8. The van der Waals surface area contributed by atoms with E-state index in [0.717, 1.165) is 77.0 Å². The fraction of sp³-hybridized carbons (Fsp3) is 0.828. The molecule has 0 spiro atoms. The standard InChI is InChI=1S/C58H107NO5/c1-4-7-10-13-16-19-22-25-27-28-29-31-33-36-39-42-45-48-51-58(63)64-54(49-46-43-40-37-34-32-30-26-23-20-17-14-11-8-5-2)52-57(62)59-55(53-60)56(61)50-47-44-41-38-35-24-21-18-15-12-9-6-3/h16,19,22,25,27-29,31,54-56,60-61H,4-15,17-18,20-21,23-24,26,30,32-53H2,1-3H3,(H,59,62)/b19-16+,25-22+,28-27+,31-29+. The van der Waals surface area contributed by atoms with E-state index in [9.17, 15) is 19.8 Å². The van der Waals surface area contributed by atoms with E-state index in [2.05, 4.69) is 74.7 Å². The Morgan fingerprint density at radius 1 is 0.453 bits per heavy atom. The Bertz CT molecular complexity index is 1100. The Morgan fingerprint density at radius 2 is 0.797 bits per heavy atom. The molecule has 3 N–H and O–H groups in total. The van der Waals surface area contributed by atoms with Gasteiger partial charge < -0.3 is 20.3 Å². The predicted molar refractivity (Wildman–Crippen MR) is 278 cm³/mol. The minimum absolute atomic E-state index is 0.0708. The molecule has 0 saturated heterocycles. The van der Waals surface area contributed by atoms with Crippen molar-refractivity contribution in [1.82, 2.24) is 5.32 Å². The van der Waals surface area contributed by atoms with Gasteiger partial charge in [-0.2, -0.15) is 0 Å². The molecule has 0 aromatic heterocycles. The van der Waals surface area contributed by atoms with Gasteiger partial charge in [0.25, 0.3) is 0 Å². The molecule has 1 amide bonds. The highest BCUT2D eigenvalue weighted by atomic mass is 16.5. The number of allylic oxidation sites excluding steroid dienone is 8. The van der Waals surface area contributed by atoms with E-state index in [4.69, 9.17) is 4.74 Å². The Balaban J connectivity index is 4.60. The zero-order valence-corrected chi connectivity index (χ0v) is 42.7. The smallest absolute Gasteiger partial charge is 0.306 e.